The van der Waals surface area contributed by atoms with Gasteiger partial charge in [0.15, 0.2) is 5.84 Å². The van der Waals surface area contributed by atoms with Crippen LogP contribution in [0.1, 0.15) is 36.5 Å². The van der Waals surface area contributed by atoms with Gasteiger partial charge in [-0.05, 0) is 36.1 Å². The van der Waals surface area contributed by atoms with Gasteiger partial charge in [-0.1, -0.05) is 73.1 Å². The summed E-state index contributed by atoms with van der Waals surface area (Å²) in [4.78, 5) is 26.1. The van der Waals surface area contributed by atoms with Gasteiger partial charge in [0.05, 0.1) is 28.5 Å². The third-order valence-corrected chi connectivity index (χ3v) is 8.97. The summed E-state index contributed by atoms with van der Waals surface area (Å²) in [6, 6.07) is 19.0. The molecular formula is C29H34N6O7S. The first-order valence-electron chi connectivity index (χ1n) is 13.7. The topological polar surface area (TPSA) is 183 Å². The molecule has 0 radical (unpaired) electrons. The van der Waals surface area contributed by atoms with E-state index in [1.165, 1.54) is 23.1 Å². The number of amidine groups is 1. The molecule has 0 bridgehead atoms. The molecule has 13 nitrogen and oxygen atoms in total. The van der Waals surface area contributed by atoms with Crippen molar-refractivity contribution >= 4 is 27.6 Å². The fraction of sp³-hybridized carbons (Fsp3) is 0.310. The molecule has 1 heterocycles. The van der Waals surface area contributed by atoms with Crippen LogP contribution in [0.25, 0.3) is 0 Å². The lowest BCUT2D eigenvalue weighted by atomic mass is 9.99. The zero-order chi connectivity index (χ0) is 31.1. The smallest absolute Gasteiger partial charge is 0.336 e. The third kappa shape index (κ3) is 7.10. The number of hydrogen-bond donors (Lipinski definition) is 3. The van der Waals surface area contributed by atoms with Crippen molar-refractivity contribution in [2.24, 2.45) is 10.9 Å². The van der Waals surface area contributed by atoms with Gasteiger partial charge in [-0.2, -0.15) is 0 Å². The predicted molar refractivity (Wildman–Crippen MR) is 158 cm³/mol. The first-order chi connectivity index (χ1) is 20.6. The van der Waals surface area contributed by atoms with Crippen LogP contribution >= 0.6 is 0 Å². The van der Waals surface area contributed by atoms with Gasteiger partial charge >= 0.3 is 6.03 Å². The Morgan fingerprint density at radius 3 is 2.44 bits per heavy atom. The Morgan fingerprint density at radius 1 is 1.07 bits per heavy atom. The van der Waals surface area contributed by atoms with Crippen molar-refractivity contribution in [1.29, 1.82) is 0 Å². The lowest BCUT2D eigenvalue weighted by Crippen LogP contribution is -2.53. The summed E-state index contributed by atoms with van der Waals surface area (Å²) in [6.07, 6.45) is -0.0119. The summed E-state index contributed by atoms with van der Waals surface area (Å²) in [7, 11) is -4.51. The molecule has 0 unspecified atom stereocenters. The number of carbonyl (C=O) groups is 1. The minimum atomic E-state index is -4.51. The first kappa shape index (κ1) is 31.4. The number of nitro benzene ring substituents is 1. The Labute approximate surface area is 249 Å². The Balaban J connectivity index is 1.82. The number of nitro groups is 1. The number of sulfonamides is 1. The van der Waals surface area contributed by atoms with Crippen molar-refractivity contribution in [1.82, 2.24) is 14.3 Å². The molecule has 1 saturated heterocycles. The first-order valence-corrected chi connectivity index (χ1v) is 15.1. The molecule has 4 rings (SSSR count). The van der Waals surface area contributed by atoms with Crippen LogP contribution in [0, 0.1) is 10.1 Å². The maximum atomic E-state index is 14.4. The third-order valence-electron chi connectivity index (χ3n) is 7.22. The molecule has 228 valence electrons. The Kier molecular flexibility index (Phi) is 9.95. The molecule has 2 atom stereocenters. The zero-order valence-corrected chi connectivity index (χ0v) is 24.4. The number of rotatable bonds is 11. The number of hydrazine groups is 1. The standard InChI is InChI=1S/C29H34N6O7S/c1-2-3-15-33-29(37)32(19-22-11-7-12-23(16-22)28(30)31-38)26(17-21-9-5-4-6-10-21)27(36)20-34(33)43(41,42)25-14-8-13-24(18-25)35(39)40/h4-14,16,18,26-27,36,38H,2-3,15,17,19-20H2,1H3,(H2,30,31)/t26-,27-/m1/s1. The average molecular weight is 611 g/mol. The average Bonchev–Trinajstić information content (AvgIpc) is 3.10. The number of amides is 2. The largest absolute Gasteiger partial charge is 0.409 e. The summed E-state index contributed by atoms with van der Waals surface area (Å²) < 4.78 is 28.8. The van der Waals surface area contributed by atoms with Crippen LogP contribution < -0.4 is 5.73 Å². The SMILES string of the molecule is CCCCN1C(=O)N(Cc2cccc(/C(N)=N\O)c2)[C@H](Cc2ccccc2)[C@H](O)CN1S(=O)(=O)c1cccc([N+](=O)[O-])c1. The molecule has 3 aromatic rings. The monoisotopic (exact) mass is 610 g/mol. The van der Waals surface area contributed by atoms with Crippen molar-refractivity contribution in [3.63, 3.8) is 0 Å². The highest BCUT2D eigenvalue weighted by molar-refractivity contribution is 7.89. The van der Waals surface area contributed by atoms with Gasteiger partial charge in [-0.15, -0.1) is 4.41 Å². The molecule has 14 heteroatoms. The van der Waals surface area contributed by atoms with E-state index in [2.05, 4.69) is 5.16 Å². The molecule has 2 amide bonds. The van der Waals surface area contributed by atoms with Crippen LogP contribution in [0.15, 0.2) is 88.9 Å². The number of nitrogens with two attached hydrogens (primary N) is 1. The van der Waals surface area contributed by atoms with E-state index < -0.39 is 45.4 Å². The number of aliphatic hydroxyl groups is 1. The normalized spacial score (nSPS) is 18.5. The second-order valence-corrected chi connectivity index (χ2v) is 12.0. The van der Waals surface area contributed by atoms with Crippen LogP contribution in [0.3, 0.4) is 0 Å². The van der Waals surface area contributed by atoms with Gasteiger partial charge in [-0.3, -0.25) is 10.1 Å². The van der Waals surface area contributed by atoms with Crippen LogP contribution in [0.4, 0.5) is 10.5 Å². The van der Waals surface area contributed by atoms with E-state index in [-0.39, 0.29) is 30.2 Å². The van der Waals surface area contributed by atoms with Gasteiger partial charge in [0.25, 0.3) is 15.7 Å². The number of non-ortho nitro benzene ring substituents is 1. The summed E-state index contributed by atoms with van der Waals surface area (Å²) in [6.45, 7) is 1.44. The predicted octanol–water partition coefficient (Wildman–Crippen LogP) is 3.31. The van der Waals surface area contributed by atoms with Gasteiger partial charge in [-0.25, -0.2) is 18.2 Å². The van der Waals surface area contributed by atoms with Crippen LogP contribution in [0.5, 0.6) is 0 Å². The van der Waals surface area contributed by atoms with Crippen molar-refractivity contribution in [3.8, 4) is 0 Å². The van der Waals surface area contributed by atoms with E-state index >= 15 is 0 Å². The molecule has 1 aliphatic rings. The fourth-order valence-corrected chi connectivity index (χ4v) is 6.49. The Hall–Kier alpha value is -4.53. The zero-order valence-electron chi connectivity index (χ0n) is 23.6. The highest BCUT2D eigenvalue weighted by Gasteiger charge is 2.44. The van der Waals surface area contributed by atoms with E-state index in [0.717, 1.165) is 21.1 Å². The lowest BCUT2D eigenvalue weighted by molar-refractivity contribution is -0.385. The van der Waals surface area contributed by atoms with E-state index in [1.807, 2.05) is 37.3 Å². The molecule has 3 aromatic carbocycles. The summed E-state index contributed by atoms with van der Waals surface area (Å²) in [5.74, 6) is -0.122. The van der Waals surface area contributed by atoms with Gasteiger partial charge in [0.2, 0.25) is 0 Å². The molecule has 1 fully saturated rings. The number of β-amino-alcohol motifs (C(OH)–C–C–N with tert-alkyl or cyclic N) is 1. The van der Waals surface area contributed by atoms with Gasteiger partial charge in [0.1, 0.15) is 0 Å². The van der Waals surface area contributed by atoms with Crippen molar-refractivity contribution in [2.45, 2.75) is 49.8 Å². The van der Waals surface area contributed by atoms with Crippen LogP contribution in [0.2, 0.25) is 0 Å². The molecule has 0 saturated carbocycles. The van der Waals surface area contributed by atoms with E-state index in [9.17, 15) is 28.4 Å². The molecule has 4 N–H and O–H groups in total. The Morgan fingerprint density at radius 2 is 1.77 bits per heavy atom. The number of hydrogen-bond acceptors (Lipinski definition) is 8. The summed E-state index contributed by atoms with van der Waals surface area (Å²) >= 11 is 0. The maximum absolute atomic E-state index is 14.4. The fourth-order valence-electron chi connectivity index (χ4n) is 4.97. The number of oxime groups is 1. The van der Waals surface area contributed by atoms with Crippen molar-refractivity contribution in [3.05, 3.63) is 106 Å². The second kappa shape index (κ2) is 13.6. The quantitative estimate of drug-likeness (QED) is 0.0971. The lowest BCUT2D eigenvalue weighted by Gasteiger charge is -2.35. The molecule has 0 aliphatic carbocycles. The van der Waals surface area contributed by atoms with Crippen LogP contribution in [-0.2, 0) is 23.0 Å². The van der Waals surface area contributed by atoms with E-state index in [1.54, 1.807) is 24.3 Å². The molecular weight excluding hydrogens is 576 g/mol. The van der Waals surface area contributed by atoms with E-state index in [4.69, 9.17) is 10.9 Å². The highest BCUT2D eigenvalue weighted by atomic mass is 32.2. The van der Waals surface area contributed by atoms with Gasteiger partial charge < -0.3 is 20.9 Å². The van der Waals surface area contributed by atoms with Crippen molar-refractivity contribution in [2.75, 3.05) is 13.1 Å². The summed E-state index contributed by atoms with van der Waals surface area (Å²) in [5.41, 5.74) is 7.21. The molecule has 43 heavy (non-hydrogen) atoms. The molecule has 0 spiro atoms. The van der Waals surface area contributed by atoms with Crippen LogP contribution in [-0.4, -0.2) is 75.1 Å². The molecule has 0 aromatic heterocycles. The van der Waals surface area contributed by atoms with Gasteiger partial charge in [0, 0.05) is 30.8 Å². The minimum absolute atomic E-state index is 0.0206. The number of urea groups is 1. The Bertz CT molecular complexity index is 1580. The van der Waals surface area contributed by atoms with E-state index in [0.29, 0.717) is 24.0 Å². The number of carbonyl (C=O) groups excluding carboxylic acids is 1. The van der Waals surface area contributed by atoms with Crippen molar-refractivity contribution < 1.29 is 28.4 Å². The second-order valence-electron chi connectivity index (χ2n) is 10.2. The number of unbranched alkanes of at least 4 members (excludes halogenated alkanes) is 1. The molecule has 1 aliphatic heterocycles. The number of aliphatic hydroxyl groups excluding tert-OH is 1. The maximum Gasteiger partial charge on any atom is 0.336 e. The number of nitrogens with zero attached hydrogens (tertiary/aromatic N) is 5. The minimum Gasteiger partial charge on any atom is -0.409 e. The number of benzene rings is 3. The highest BCUT2D eigenvalue weighted by Crippen LogP contribution is 2.29. The summed E-state index contributed by atoms with van der Waals surface area (Å²) in [5, 5.41) is 36.3.